The number of likely N-dealkylation sites (N-methyl/N-ethyl adjacent to an activating group) is 1. The van der Waals surface area contributed by atoms with E-state index in [1.807, 2.05) is 0 Å². The molecular weight excluding hydrogens is 218 g/mol. The topological polar surface area (TPSA) is 92.0 Å². The minimum absolute atomic E-state index is 0.232. The smallest absolute Gasteiger partial charge is 0.229 e. The first kappa shape index (κ1) is 11.8. The fraction of sp³-hybridized carbons (Fsp3) is 0.700. The van der Waals surface area contributed by atoms with Gasteiger partial charge in [-0.25, -0.2) is 0 Å². The molecular formula is C10H19N7. The summed E-state index contributed by atoms with van der Waals surface area (Å²) in [7, 11) is 3.88. The van der Waals surface area contributed by atoms with Gasteiger partial charge in [0.2, 0.25) is 17.8 Å². The second-order valence-electron chi connectivity index (χ2n) is 4.34. The second-order valence-corrected chi connectivity index (χ2v) is 4.34. The van der Waals surface area contributed by atoms with Gasteiger partial charge in [-0.3, -0.25) is 0 Å². The Labute approximate surface area is 101 Å². The zero-order valence-electron chi connectivity index (χ0n) is 10.3. The lowest BCUT2D eigenvalue weighted by Crippen LogP contribution is -2.40. The van der Waals surface area contributed by atoms with Crippen molar-refractivity contribution in [3.8, 4) is 0 Å². The van der Waals surface area contributed by atoms with E-state index >= 15 is 0 Å². The molecule has 1 saturated heterocycles. The first-order chi connectivity index (χ1) is 8.17. The third-order valence-corrected chi connectivity index (χ3v) is 2.83. The maximum absolute atomic E-state index is 5.61. The first-order valence-corrected chi connectivity index (χ1v) is 5.82. The Kier molecular flexibility index (Phi) is 3.58. The summed E-state index contributed by atoms with van der Waals surface area (Å²) in [6, 6.07) is 0.375. The summed E-state index contributed by atoms with van der Waals surface area (Å²) in [6.07, 6.45) is 2.32. The van der Waals surface area contributed by atoms with E-state index in [9.17, 15) is 0 Å². The van der Waals surface area contributed by atoms with Crippen LogP contribution in [0.1, 0.15) is 12.8 Å². The lowest BCUT2D eigenvalue weighted by atomic mass is 10.1. The molecule has 0 aliphatic carbocycles. The second kappa shape index (κ2) is 5.13. The zero-order chi connectivity index (χ0) is 12.3. The predicted octanol–water partition coefficient (Wildman–Crippen LogP) is 0.00160. The standard InChI is InChI=1S/C10H19N7/c1-12-9-14-8(11)15-10(16-9)13-7-4-3-5-17(2)6-7/h7H,3-6H2,1-2H3,(H4,11,12,13,14,15,16). The van der Waals surface area contributed by atoms with Crippen LogP contribution in [0.4, 0.5) is 17.8 Å². The maximum atomic E-state index is 5.61. The van der Waals surface area contributed by atoms with Gasteiger partial charge in [-0.05, 0) is 26.4 Å². The third-order valence-electron chi connectivity index (χ3n) is 2.83. The van der Waals surface area contributed by atoms with E-state index in [1.165, 1.54) is 6.42 Å². The van der Waals surface area contributed by atoms with Crippen molar-refractivity contribution < 1.29 is 0 Å². The Hall–Kier alpha value is -1.63. The number of likely N-dealkylation sites (tertiary alicyclic amines) is 1. The van der Waals surface area contributed by atoms with Gasteiger partial charge in [0.15, 0.2) is 0 Å². The largest absolute Gasteiger partial charge is 0.368 e. The van der Waals surface area contributed by atoms with Crippen LogP contribution in [0.2, 0.25) is 0 Å². The quantitative estimate of drug-likeness (QED) is 0.681. The van der Waals surface area contributed by atoms with E-state index < -0.39 is 0 Å². The Bertz CT molecular complexity index is 381. The molecule has 94 valence electrons. The molecule has 0 bridgehead atoms. The molecule has 17 heavy (non-hydrogen) atoms. The van der Waals surface area contributed by atoms with Gasteiger partial charge in [0, 0.05) is 19.6 Å². The van der Waals surface area contributed by atoms with Crippen molar-refractivity contribution in [2.75, 3.05) is 43.6 Å². The normalized spacial score (nSPS) is 21.2. The molecule has 0 saturated carbocycles. The van der Waals surface area contributed by atoms with Gasteiger partial charge < -0.3 is 21.3 Å². The number of hydrogen-bond donors (Lipinski definition) is 3. The molecule has 2 heterocycles. The summed E-state index contributed by atoms with van der Waals surface area (Å²) in [5.41, 5.74) is 5.61. The molecule has 7 nitrogen and oxygen atoms in total. The van der Waals surface area contributed by atoms with E-state index in [1.54, 1.807) is 7.05 Å². The molecule has 1 unspecified atom stereocenters. The highest BCUT2D eigenvalue weighted by molar-refractivity contribution is 5.40. The van der Waals surface area contributed by atoms with Gasteiger partial charge in [-0.15, -0.1) is 0 Å². The molecule has 0 spiro atoms. The number of anilines is 3. The van der Waals surface area contributed by atoms with Crippen molar-refractivity contribution in [3.05, 3.63) is 0 Å². The molecule has 1 aromatic heterocycles. The van der Waals surface area contributed by atoms with Crippen LogP contribution >= 0.6 is 0 Å². The molecule has 4 N–H and O–H groups in total. The molecule has 0 aromatic carbocycles. The number of hydrogen-bond acceptors (Lipinski definition) is 7. The summed E-state index contributed by atoms with van der Waals surface area (Å²) in [4.78, 5) is 14.6. The van der Waals surface area contributed by atoms with E-state index in [4.69, 9.17) is 5.73 Å². The summed E-state index contributed by atoms with van der Waals surface area (Å²) in [5.74, 6) is 1.27. The van der Waals surface area contributed by atoms with Crippen molar-refractivity contribution in [3.63, 3.8) is 0 Å². The molecule has 1 aliphatic rings. The Morgan fingerprint density at radius 2 is 2.06 bits per heavy atom. The van der Waals surface area contributed by atoms with Gasteiger partial charge in [0.1, 0.15) is 0 Å². The number of nitrogens with one attached hydrogen (secondary N) is 2. The van der Waals surface area contributed by atoms with Crippen LogP contribution in [0.5, 0.6) is 0 Å². The summed E-state index contributed by atoms with van der Waals surface area (Å²) >= 11 is 0. The van der Waals surface area contributed by atoms with Crippen LogP contribution in [0.15, 0.2) is 0 Å². The molecule has 0 amide bonds. The lowest BCUT2D eigenvalue weighted by molar-refractivity contribution is 0.260. The summed E-state index contributed by atoms with van der Waals surface area (Å²) in [6.45, 7) is 2.15. The fourth-order valence-corrected chi connectivity index (χ4v) is 2.04. The average molecular weight is 237 g/mol. The van der Waals surface area contributed by atoms with Crippen LogP contribution in [0.3, 0.4) is 0 Å². The van der Waals surface area contributed by atoms with E-state index in [0.717, 1.165) is 19.5 Å². The van der Waals surface area contributed by atoms with Crippen LogP contribution in [0, 0.1) is 0 Å². The Balaban J connectivity index is 2.04. The third kappa shape index (κ3) is 3.16. The minimum Gasteiger partial charge on any atom is -0.368 e. The summed E-state index contributed by atoms with van der Waals surface area (Å²) in [5, 5.41) is 6.16. The van der Waals surface area contributed by atoms with E-state index in [-0.39, 0.29) is 5.95 Å². The lowest BCUT2D eigenvalue weighted by Gasteiger charge is -2.30. The first-order valence-electron chi connectivity index (χ1n) is 5.82. The van der Waals surface area contributed by atoms with Crippen molar-refractivity contribution in [1.29, 1.82) is 0 Å². The van der Waals surface area contributed by atoms with Crippen molar-refractivity contribution in [2.45, 2.75) is 18.9 Å². The number of nitrogens with zero attached hydrogens (tertiary/aromatic N) is 4. The minimum atomic E-state index is 0.232. The van der Waals surface area contributed by atoms with Crippen LogP contribution < -0.4 is 16.4 Å². The molecule has 2 rings (SSSR count). The maximum Gasteiger partial charge on any atom is 0.229 e. The van der Waals surface area contributed by atoms with Gasteiger partial charge in [0.05, 0.1) is 0 Å². The van der Waals surface area contributed by atoms with Gasteiger partial charge in [-0.1, -0.05) is 0 Å². The SMILES string of the molecule is CNc1nc(N)nc(NC2CCCN(C)C2)n1. The number of nitrogens with two attached hydrogens (primary N) is 1. The molecule has 0 radical (unpaired) electrons. The van der Waals surface area contributed by atoms with Crippen molar-refractivity contribution >= 4 is 17.8 Å². The highest BCUT2D eigenvalue weighted by atomic mass is 15.3. The molecule has 1 aromatic rings. The number of aromatic nitrogens is 3. The molecule has 1 fully saturated rings. The van der Waals surface area contributed by atoms with Crippen LogP contribution in [0.25, 0.3) is 0 Å². The van der Waals surface area contributed by atoms with Crippen LogP contribution in [-0.4, -0.2) is 53.1 Å². The Morgan fingerprint density at radius 1 is 1.29 bits per heavy atom. The average Bonchev–Trinajstić information content (AvgIpc) is 2.28. The fourth-order valence-electron chi connectivity index (χ4n) is 2.04. The van der Waals surface area contributed by atoms with E-state index in [0.29, 0.717) is 17.9 Å². The van der Waals surface area contributed by atoms with Gasteiger partial charge in [0.25, 0.3) is 0 Å². The predicted molar refractivity (Wildman–Crippen MR) is 67.9 cm³/mol. The van der Waals surface area contributed by atoms with Crippen molar-refractivity contribution in [2.24, 2.45) is 0 Å². The molecule has 1 aliphatic heterocycles. The molecule has 1 atom stereocenters. The van der Waals surface area contributed by atoms with Gasteiger partial charge >= 0.3 is 0 Å². The highest BCUT2D eigenvalue weighted by Crippen LogP contribution is 2.13. The number of rotatable bonds is 3. The monoisotopic (exact) mass is 237 g/mol. The van der Waals surface area contributed by atoms with Gasteiger partial charge in [-0.2, -0.15) is 15.0 Å². The highest BCUT2D eigenvalue weighted by Gasteiger charge is 2.18. The van der Waals surface area contributed by atoms with Crippen molar-refractivity contribution in [1.82, 2.24) is 19.9 Å². The number of piperidine rings is 1. The molecule has 7 heteroatoms. The zero-order valence-corrected chi connectivity index (χ0v) is 10.3. The Morgan fingerprint density at radius 3 is 2.76 bits per heavy atom. The summed E-state index contributed by atoms with van der Waals surface area (Å²) < 4.78 is 0. The van der Waals surface area contributed by atoms with Crippen LogP contribution in [-0.2, 0) is 0 Å². The number of nitrogen functional groups attached to an aromatic ring is 1. The van der Waals surface area contributed by atoms with E-state index in [2.05, 4.69) is 37.5 Å².